The van der Waals surface area contributed by atoms with Crippen molar-refractivity contribution in [1.82, 2.24) is 4.98 Å². The summed E-state index contributed by atoms with van der Waals surface area (Å²) in [5.74, 6) is 0.972. The number of pyridine rings is 1. The molecule has 1 atom stereocenters. The summed E-state index contributed by atoms with van der Waals surface area (Å²) in [4.78, 5) is 3.63. The highest BCUT2D eigenvalue weighted by atomic mass is 19.4. The Morgan fingerprint density at radius 3 is 2.71 bits per heavy atom. The number of fused-ring (bicyclic) bond motifs is 1. The van der Waals surface area contributed by atoms with Crippen LogP contribution < -0.4 is 10.1 Å². The van der Waals surface area contributed by atoms with Gasteiger partial charge in [0.25, 0.3) is 0 Å². The van der Waals surface area contributed by atoms with Crippen LogP contribution in [0.2, 0.25) is 0 Å². The van der Waals surface area contributed by atoms with Gasteiger partial charge in [-0.3, -0.25) is 0 Å². The summed E-state index contributed by atoms with van der Waals surface area (Å²) in [6.45, 7) is 0.521. The predicted molar refractivity (Wildman–Crippen MR) is 72.2 cm³/mol. The summed E-state index contributed by atoms with van der Waals surface area (Å²) in [7, 11) is 0. The van der Waals surface area contributed by atoms with Crippen molar-refractivity contribution in [3.63, 3.8) is 0 Å². The number of nitrogens with zero attached hydrogens (tertiary/aromatic N) is 1. The molecule has 0 bridgehead atoms. The normalized spacial score (nSPS) is 17.8. The fraction of sp³-hybridized carbons (Fsp3) is 0.267. The van der Waals surface area contributed by atoms with Crippen molar-refractivity contribution >= 4 is 5.82 Å². The lowest BCUT2D eigenvalue weighted by molar-refractivity contribution is -0.141. The molecule has 0 amide bonds. The molecule has 3 rings (SSSR count). The van der Waals surface area contributed by atoms with Gasteiger partial charge < -0.3 is 10.1 Å². The monoisotopic (exact) mass is 294 g/mol. The average molecular weight is 294 g/mol. The molecule has 21 heavy (non-hydrogen) atoms. The van der Waals surface area contributed by atoms with Crippen molar-refractivity contribution in [2.75, 3.05) is 11.9 Å². The third kappa shape index (κ3) is 2.94. The molecule has 0 fully saturated rings. The number of nitrogens with one attached hydrogen (secondary N) is 1. The largest absolute Gasteiger partial charge is 0.493 e. The number of anilines is 1. The first-order valence-corrected chi connectivity index (χ1v) is 6.56. The maximum Gasteiger partial charge on any atom is 0.433 e. The van der Waals surface area contributed by atoms with E-state index in [2.05, 4.69) is 10.3 Å². The van der Waals surface area contributed by atoms with E-state index in [9.17, 15) is 13.2 Å². The Balaban J connectivity index is 1.85. The SMILES string of the molecule is FC(F)(F)c1cccc(NC2CCOc3ccccc32)n1. The smallest absolute Gasteiger partial charge is 0.433 e. The number of alkyl halides is 3. The second-order valence-corrected chi connectivity index (χ2v) is 4.78. The molecule has 0 spiro atoms. The highest BCUT2D eigenvalue weighted by Crippen LogP contribution is 2.34. The molecule has 0 saturated heterocycles. The van der Waals surface area contributed by atoms with Gasteiger partial charge in [0.05, 0.1) is 12.6 Å². The number of para-hydroxylation sites is 1. The molecule has 6 heteroatoms. The van der Waals surface area contributed by atoms with Gasteiger partial charge in [-0.2, -0.15) is 13.2 Å². The zero-order valence-corrected chi connectivity index (χ0v) is 11.0. The highest BCUT2D eigenvalue weighted by molar-refractivity contribution is 5.45. The van der Waals surface area contributed by atoms with Crippen LogP contribution in [0.3, 0.4) is 0 Å². The molecular weight excluding hydrogens is 281 g/mol. The minimum Gasteiger partial charge on any atom is -0.493 e. The molecule has 0 radical (unpaired) electrons. The Morgan fingerprint density at radius 1 is 1.10 bits per heavy atom. The zero-order chi connectivity index (χ0) is 14.9. The lowest BCUT2D eigenvalue weighted by atomic mass is 10.0. The van der Waals surface area contributed by atoms with Gasteiger partial charge in [-0.15, -0.1) is 0 Å². The van der Waals surface area contributed by atoms with E-state index in [1.54, 1.807) is 0 Å². The van der Waals surface area contributed by atoms with E-state index >= 15 is 0 Å². The van der Waals surface area contributed by atoms with Crippen LogP contribution in [0.1, 0.15) is 23.7 Å². The van der Waals surface area contributed by atoms with Gasteiger partial charge in [0, 0.05) is 12.0 Å². The van der Waals surface area contributed by atoms with Crippen LogP contribution in [0.15, 0.2) is 42.5 Å². The third-order valence-electron chi connectivity index (χ3n) is 3.32. The van der Waals surface area contributed by atoms with Crippen LogP contribution in [0, 0.1) is 0 Å². The molecule has 2 aromatic rings. The Kier molecular flexibility index (Phi) is 3.45. The molecule has 110 valence electrons. The minimum atomic E-state index is -4.44. The number of benzene rings is 1. The molecule has 0 aliphatic carbocycles. The first kappa shape index (κ1) is 13.7. The summed E-state index contributed by atoms with van der Waals surface area (Å²) in [5.41, 5.74) is 0.0378. The van der Waals surface area contributed by atoms with Gasteiger partial charge in [0.15, 0.2) is 0 Å². The molecule has 0 saturated carbocycles. The number of ether oxygens (including phenoxy) is 1. The van der Waals surface area contributed by atoms with Crippen LogP contribution >= 0.6 is 0 Å². The second-order valence-electron chi connectivity index (χ2n) is 4.78. The maximum atomic E-state index is 12.7. The van der Waals surface area contributed by atoms with Crippen molar-refractivity contribution in [2.45, 2.75) is 18.6 Å². The highest BCUT2D eigenvalue weighted by Gasteiger charge is 2.32. The van der Waals surface area contributed by atoms with Crippen LogP contribution in [0.5, 0.6) is 5.75 Å². The molecular formula is C15H13F3N2O. The van der Waals surface area contributed by atoms with E-state index in [-0.39, 0.29) is 11.9 Å². The molecule has 1 N–H and O–H groups in total. The first-order valence-electron chi connectivity index (χ1n) is 6.56. The minimum absolute atomic E-state index is 0.106. The summed E-state index contributed by atoms with van der Waals surface area (Å²) in [6.07, 6.45) is -3.76. The number of rotatable bonds is 2. The van der Waals surface area contributed by atoms with E-state index in [4.69, 9.17) is 4.74 Å². The Bertz CT molecular complexity index is 643. The van der Waals surface area contributed by atoms with Crippen molar-refractivity contribution in [3.05, 3.63) is 53.7 Å². The summed E-state index contributed by atoms with van der Waals surface area (Å²) >= 11 is 0. The van der Waals surface area contributed by atoms with Crippen LogP contribution in [0.4, 0.5) is 19.0 Å². The van der Waals surface area contributed by atoms with Crippen molar-refractivity contribution in [1.29, 1.82) is 0 Å². The van der Waals surface area contributed by atoms with Crippen molar-refractivity contribution in [2.24, 2.45) is 0 Å². The van der Waals surface area contributed by atoms with Crippen molar-refractivity contribution < 1.29 is 17.9 Å². The molecule has 1 aliphatic heterocycles. The molecule has 1 aromatic heterocycles. The molecule has 1 aliphatic rings. The number of hydrogen-bond acceptors (Lipinski definition) is 3. The van der Waals surface area contributed by atoms with Gasteiger partial charge in [0.2, 0.25) is 0 Å². The van der Waals surface area contributed by atoms with E-state index in [0.717, 1.165) is 17.4 Å². The lowest BCUT2D eigenvalue weighted by Gasteiger charge is -2.27. The Morgan fingerprint density at radius 2 is 1.90 bits per heavy atom. The quantitative estimate of drug-likeness (QED) is 0.907. The number of hydrogen-bond donors (Lipinski definition) is 1. The van der Waals surface area contributed by atoms with Gasteiger partial charge in [-0.1, -0.05) is 24.3 Å². The molecule has 2 heterocycles. The third-order valence-corrected chi connectivity index (χ3v) is 3.32. The Hall–Kier alpha value is -2.24. The average Bonchev–Trinajstić information content (AvgIpc) is 2.47. The van der Waals surface area contributed by atoms with Gasteiger partial charge in [-0.25, -0.2) is 4.98 Å². The topological polar surface area (TPSA) is 34.1 Å². The van der Waals surface area contributed by atoms with E-state index in [1.165, 1.54) is 12.1 Å². The fourth-order valence-electron chi connectivity index (χ4n) is 2.34. The Labute approximate surface area is 119 Å². The summed E-state index contributed by atoms with van der Waals surface area (Å²) < 4.78 is 43.6. The first-order chi connectivity index (χ1) is 10.0. The molecule has 1 aromatic carbocycles. The molecule has 3 nitrogen and oxygen atoms in total. The van der Waals surface area contributed by atoms with Gasteiger partial charge >= 0.3 is 6.18 Å². The molecule has 1 unspecified atom stereocenters. The van der Waals surface area contributed by atoms with Gasteiger partial charge in [-0.05, 0) is 18.2 Å². The maximum absolute atomic E-state index is 12.7. The van der Waals surface area contributed by atoms with Crippen LogP contribution in [-0.4, -0.2) is 11.6 Å². The second kappa shape index (κ2) is 5.27. The zero-order valence-electron chi connectivity index (χ0n) is 11.0. The number of aromatic nitrogens is 1. The van der Waals surface area contributed by atoms with E-state index < -0.39 is 11.9 Å². The summed E-state index contributed by atoms with van der Waals surface area (Å²) in [6, 6.07) is 11.2. The van der Waals surface area contributed by atoms with Gasteiger partial charge in [0.1, 0.15) is 17.3 Å². The van der Waals surface area contributed by atoms with E-state index in [1.807, 2.05) is 24.3 Å². The van der Waals surface area contributed by atoms with Crippen LogP contribution in [0.25, 0.3) is 0 Å². The van der Waals surface area contributed by atoms with Crippen LogP contribution in [-0.2, 0) is 6.18 Å². The lowest BCUT2D eigenvalue weighted by Crippen LogP contribution is -2.21. The number of halogens is 3. The standard InChI is InChI=1S/C15H13F3N2O/c16-15(17,18)13-6-3-7-14(20-13)19-11-8-9-21-12-5-2-1-4-10(11)12/h1-7,11H,8-9H2,(H,19,20). The fourth-order valence-corrected chi connectivity index (χ4v) is 2.34. The van der Waals surface area contributed by atoms with Crippen molar-refractivity contribution in [3.8, 4) is 5.75 Å². The predicted octanol–water partition coefficient (Wildman–Crippen LogP) is 4.04. The summed E-state index contributed by atoms with van der Waals surface area (Å²) in [5, 5.41) is 3.06. The van der Waals surface area contributed by atoms with E-state index in [0.29, 0.717) is 13.0 Å².